The summed E-state index contributed by atoms with van der Waals surface area (Å²) >= 11 is 3.44. The number of rotatable bonds is 0. The molecule has 2 rings (SSSR count). The quantitative estimate of drug-likeness (QED) is 0.756. The van der Waals surface area contributed by atoms with Gasteiger partial charge in [-0.2, -0.15) is 0 Å². The summed E-state index contributed by atoms with van der Waals surface area (Å²) < 4.78 is 6.25. The van der Waals surface area contributed by atoms with Crippen molar-refractivity contribution in [2.24, 2.45) is 0 Å². The lowest BCUT2D eigenvalue weighted by molar-refractivity contribution is -0.0608. The zero-order valence-corrected chi connectivity index (χ0v) is 8.97. The molecule has 1 aromatic rings. The second kappa shape index (κ2) is 3.08. The van der Waals surface area contributed by atoms with Crippen molar-refractivity contribution < 1.29 is 9.84 Å². The van der Waals surface area contributed by atoms with Crippen molar-refractivity contribution in [2.75, 3.05) is 6.61 Å². The SMILES string of the molecule is CC1(O)COCc2cccc(Br)c21. The van der Waals surface area contributed by atoms with E-state index in [-0.39, 0.29) is 0 Å². The molecule has 0 radical (unpaired) electrons. The molecule has 0 saturated heterocycles. The Morgan fingerprint density at radius 1 is 1.54 bits per heavy atom. The molecule has 0 aromatic heterocycles. The Hall–Kier alpha value is -0.380. The van der Waals surface area contributed by atoms with Gasteiger partial charge in [-0.05, 0) is 18.6 Å². The van der Waals surface area contributed by atoms with Crippen LogP contribution < -0.4 is 0 Å². The molecule has 1 aromatic carbocycles. The monoisotopic (exact) mass is 242 g/mol. The van der Waals surface area contributed by atoms with Crippen molar-refractivity contribution in [3.8, 4) is 0 Å². The van der Waals surface area contributed by atoms with E-state index in [1.165, 1.54) is 0 Å². The van der Waals surface area contributed by atoms with Gasteiger partial charge in [0.25, 0.3) is 0 Å². The highest BCUT2D eigenvalue weighted by molar-refractivity contribution is 9.10. The standard InChI is InChI=1S/C10H11BrO2/c1-10(12)6-13-5-7-3-2-4-8(11)9(7)10/h2-4,12H,5-6H2,1H3. The van der Waals surface area contributed by atoms with Crippen molar-refractivity contribution in [1.82, 2.24) is 0 Å². The molecule has 2 nitrogen and oxygen atoms in total. The maximum Gasteiger partial charge on any atom is 0.111 e. The van der Waals surface area contributed by atoms with E-state index in [0.717, 1.165) is 15.6 Å². The molecule has 0 amide bonds. The van der Waals surface area contributed by atoms with Gasteiger partial charge in [0.15, 0.2) is 0 Å². The molecule has 1 aliphatic rings. The van der Waals surface area contributed by atoms with Crippen molar-refractivity contribution in [2.45, 2.75) is 19.1 Å². The van der Waals surface area contributed by atoms with E-state index in [1.807, 2.05) is 18.2 Å². The van der Waals surface area contributed by atoms with Crippen LogP contribution in [0.3, 0.4) is 0 Å². The van der Waals surface area contributed by atoms with Crippen molar-refractivity contribution >= 4 is 15.9 Å². The van der Waals surface area contributed by atoms with Gasteiger partial charge in [0.1, 0.15) is 5.60 Å². The number of halogens is 1. The maximum atomic E-state index is 10.1. The summed E-state index contributed by atoms with van der Waals surface area (Å²) in [5, 5.41) is 10.1. The van der Waals surface area contributed by atoms with E-state index >= 15 is 0 Å². The molecule has 1 atom stereocenters. The van der Waals surface area contributed by atoms with Crippen LogP contribution in [0.1, 0.15) is 18.1 Å². The predicted octanol–water partition coefficient (Wildman–Crippen LogP) is 2.19. The summed E-state index contributed by atoms with van der Waals surface area (Å²) in [6, 6.07) is 5.88. The van der Waals surface area contributed by atoms with Gasteiger partial charge in [0.2, 0.25) is 0 Å². The van der Waals surface area contributed by atoms with Crippen LogP contribution >= 0.6 is 15.9 Å². The third kappa shape index (κ3) is 1.52. The van der Waals surface area contributed by atoms with Crippen molar-refractivity contribution in [3.63, 3.8) is 0 Å². The summed E-state index contributed by atoms with van der Waals surface area (Å²) in [6.45, 7) is 2.73. The van der Waals surface area contributed by atoms with Gasteiger partial charge in [-0.15, -0.1) is 0 Å². The van der Waals surface area contributed by atoms with Crippen LogP contribution in [0.25, 0.3) is 0 Å². The molecule has 1 unspecified atom stereocenters. The Morgan fingerprint density at radius 3 is 3.00 bits per heavy atom. The Morgan fingerprint density at radius 2 is 2.31 bits per heavy atom. The summed E-state index contributed by atoms with van der Waals surface area (Å²) in [4.78, 5) is 0. The predicted molar refractivity (Wildman–Crippen MR) is 53.4 cm³/mol. The first-order chi connectivity index (χ1) is 6.11. The molecule has 1 N–H and O–H groups in total. The van der Waals surface area contributed by atoms with Gasteiger partial charge >= 0.3 is 0 Å². The fraction of sp³-hybridized carbons (Fsp3) is 0.400. The first-order valence-electron chi connectivity index (χ1n) is 4.19. The summed E-state index contributed by atoms with van der Waals surface area (Å²) in [6.07, 6.45) is 0. The van der Waals surface area contributed by atoms with E-state index in [0.29, 0.717) is 13.2 Å². The van der Waals surface area contributed by atoms with Gasteiger partial charge in [-0.3, -0.25) is 0 Å². The summed E-state index contributed by atoms with van der Waals surface area (Å²) in [5.41, 5.74) is 1.15. The first kappa shape index (κ1) is 9.19. The van der Waals surface area contributed by atoms with Crippen LogP contribution in [0.2, 0.25) is 0 Å². The topological polar surface area (TPSA) is 29.5 Å². The Bertz CT molecular complexity index is 334. The Kier molecular flexibility index (Phi) is 2.18. The highest BCUT2D eigenvalue weighted by Gasteiger charge is 2.31. The van der Waals surface area contributed by atoms with Crippen molar-refractivity contribution in [1.29, 1.82) is 0 Å². The van der Waals surface area contributed by atoms with E-state index in [1.54, 1.807) is 6.92 Å². The highest BCUT2D eigenvalue weighted by atomic mass is 79.9. The van der Waals surface area contributed by atoms with Crippen LogP contribution in [0.5, 0.6) is 0 Å². The molecule has 0 spiro atoms. The molecule has 0 aliphatic carbocycles. The minimum Gasteiger partial charge on any atom is -0.383 e. The molecular weight excluding hydrogens is 232 g/mol. The average Bonchev–Trinajstić information content (AvgIpc) is 2.02. The third-order valence-corrected chi connectivity index (χ3v) is 2.94. The first-order valence-corrected chi connectivity index (χ1v) is 4.98. The van der Waals surface area contributed by atoms with Gasteiger partial charge in [0, 0.05) is 10.0 Å². The highest BCUT2D eigenvalue weighted by Crippen LogP contribution is 2.35. The molecule has 1 aliphatic heterocycles. The summed E-state index contributed by atoms with van der Waals surface area (Å²) in [7, 11) is 0. The molecule has 0 saturated carbocycles. The molecule has 13 heavy (non-hydrogen) atoms. The number of hydrogen-bond acceptors (Lipinski definition) is 2. The number of aliphatic hydroxyl groups is 1. The number of benzene rings is 1. The molecule has 70 valence electrons. The van der Waals surface area contributed by atoms with E-state index < -0.39 is 5.60 Å². The zero-order valence-electron chi connectivity index (χ0n) is 7.38. The average molecular weight is 243 g/mol. The molecule has 0 bridgehead atoms. The normalized spacial score (nSPS) is 27.0. The second-order valence-corrected chi connectivity index (χ2v) is 4.39. The second-order valence-electron chi connectivity index (χ2n) is 3.54. The third-order valence-electron chi connectivity index (χ3n) is 2.28. The lowest BCUT2D eigenvalue weighted by Crippen LogP contribution is -2.33. The number of hydrogen-bond donors (Lipinski definition) is 1. The molecular formula is C10H11BrO2. The molecule has 3 heteroatoms. The van der Waals surface area contributed by atoms with Gasteiger partial charge < -0.3 is 9.84 Å². The Balaban J connectivity index is 2.61. The minimum absolute atomic E-state index is 0.364. The summed E-state index contributed by atoms with van der Waals surface area (Å²) in [5.74, 6) is 0. The zero-order chi connectivity index (χ0) is 9.47. The fourth-order valence-corrected chi connectivity index (χ4v) is 2.56. The van der Waals surface area contributed by atoms with Gasteiger partial charge in [0.05, 0.1) is 13.2 Å². The largest absolute Gasteiger partial charge is 0.383 e. The van der Waals surface area contributed by atoms with E-state index in [4.69, 9.17) is 4.74 Å². The van der Waals surface area contributed by atoms with Crippen LogP contribution in [-0.4, -0.2) is 11.7 Å². The number of ether oxygens (including phenoxy) is 1. The fourth-order valence-electron chi connectivity index (χ4n) is 1.72. The van der Waals surface area contributed by atoms with Crippen molar-refractivity contribution in [3.05, 3.63) is 33.8 Å². The molecule has 0 fully saturated rings. The smallest absolute Gasteiger partial charge is 0.111 e. The number of fused-ring (bicyclic) bond motifs is 1. The minimum atomic E-state index is -0.867. The maximum absolute atomic E-state index is 10.1. The van der Waals surface area contributed by atoms with Crippen LogP contribution in [0.4, 0.5) is 0 Å². The van der Waals surface area contributed by atoms with E-state index in [2.05, 4.69) is 15.9 Å². The Labute approximate surface area is 85.7 Å². The van der Waals surface area contributed by atoms with Gasteiger partial charge in [-0.1, -0.05) is 28.1 Å². The lowest BCUT2D eigenvalue weighted by atomic mass is 9.90. The lowest BCUT2D eigenvalue weighted by Gasteiger charge is -2.31. The van der Waals surface area contributed by atoms with E-state index in [9.17, 15) is 5.11 Å². The van der Waals surface area contributed by atoms with Crippen LogP contribution in [0, 0.1) is 0 Å². The van der Waals surface area contributed by atoms with Crippen LogP contribution in [-0.2, 0) is 16.9 Å². The molecule has 1 heterocycles. The van der Waals surface area contributed by atoms with Gasteiger partial charge in [-0.25, -0.2) is 0 Å². The van der Waals surface area contributed by atoms with Crippen LogP contribution in [0.15, 0.2) is 22.7 Å².